The minimum Gasteiger partial charge on any atom is -0.344 e. The van der Waals surface area contributed by atoms with Crippen LogP contribution in [0.2, 0.25) is 0 Å². The van der Waals surface area contributed by atoms with Gasteiger partial charge in [0, 0.05) is 40.0 Å². The lowest BCUT2D eigenvalue weighted by molar-refractivity contribution is 0.448. The number of unbranched alkanes of at least 4 members (excludes halogenated alkanes) is 1. The number of nitrogens with zero attached hydrogens (tertiary/aromatic N) is 1. The van der Waals surface area contributed by atoms with Crippen LogP contribution < -0.4 is 0 Å². The van der Waals surface area contributed by atoms with Gasteiger partial charge in [0.05, 0.1) is 0 Å². The van der Waals surface area contributed by atoms with E-state index in [0.29, 0.717) is 0 Å². The van der Waals surface area contributed by atoms with E-state index in [2.05, 4.69) is 152 Å². The van der Waals surface area contributed by atoms with Crippen molar-refractivity contribution in [3.05, 3.63) is 172 Å². The van der Waals surface area contributed by atoms with Gasteiger partial charge in [-0.05, 0) is 75.9 Å². The normalized spacial score (nSPS) is 20.3. The number of rotatable bonds is 6. The molecule has 3 aliphatic rings. The SMILES string of the molecule is CCCCn1c2c(c3ccccc31)C=C(c1ccc(C3=C4C=CC=CC4(C)C(c4ccccc4)c4ccccc43)cc1)CC2. The highest BCUT2D eigenvalue weighted by atomic mass is 15.0. The molecule has 44 heavy (non-hydrogen) atoms. The van der Waals surface area contributed by atoms with E-state index in [4.69, 9.17) is 0 Å². The Morgan fingerprint density at radius 3 is 2.36 bits per heavy atom. The minimum atomic E-state index is -0.132. The van der Waals surface area contributed by atoms with Crippen molar-refractivity contribution in [2.75, 3.05) is 0 Å². The summed E-state index contributed by atoms with van der Waals surface area (Å²) in [6, 6.07) is 38.6. The van der Waals surface area contributed by atoms with E-state index >= 15 is 0 Å². The van der Waals surface area contributed by atoms with E-state index in [9.17, 15) is 0 Å². The Hall–Kier alpha value is -4.62. The molecule has 0 N–H and O–H groups in total. The average Bonchev–Trinajstić information content (AvgIpc) is 3.39. The topological polar surface area (TPSA) is 4.93 Å². The molecule has 1 heterocycles. The van der Waals surface area contributed by atoms with Crippen LogP contribution in [-0.2, 0) is 13.0 Å². The summed E-state index contributed by atoms with van der Waals surface area (Å²) in [6.07, 6.45) is 16.3. The van der Waals surface area contributed by atoms with Crippen LogP contribution in [0.5, 0.6) is 0 Å². The number of aryl methyl sites for hydroxylation is 1. The predicted molar refractivity (Wildman–Crippen MR) is 187 cm³/mol. The van der Waals surface area contributed by atoms with Gasteiger partial charge in [-0.25, -0.2) is 0 Å². The molecular weight excluding hydrogens is 530 g/mol. The first kappa shape index (κ1) is 27.0. The first-order valence-electron chi connectivity index (χ1n) is 16.3. The van der Waals surface area contributed by atoms with Gasteiger partial charge in [-0.3, -0.25) is 0 Å². The maximum Gasteiger partial charge on any atom is 0.0488 e. The van der Waals surface area contributed by atoms with Gasteiger partial charge in [0.2, 0.25) is 0 Å². The molecule has 5 aromatic rings. The van der Waals surface area contributed by atoms with Crippen LogP contribution in [0.25, 0.3) is 28.1 Å². The van der Waals surface area contributed by atoms with Gasteiger partial charge in [0.25, 0.3) is 0 Å². The number of hydrogen-bond donors (Lipinski definition) is 0. The number of fused-ring (bicyclic) bond motifs is 5. The molecule has 0 aliphatic heterocycles. The van der Waals surface area contributed by atoms with Crippen LogP contribution in [-0.4, -0.2) is 4.57 Å². The largest absolute Gasteiger partial charge is 0.344 e. The molecule has 0 saturated heterocycles. The molecule has 2 atom stereocenters. The maximum atomic E-state index is 2.59. The molecule has 1 aromatic heterocycles. The molecule has 8 rings (SSSR count). The zero-order valence-corrected chi connectivity index (χ0v) is 25.8. The van der Waals surface area contributed by atoms with E-state index in [1.807, 2.05) is 0 Å². The Morgan fingerprint density at radius 2 is 1.52 bits per heavy atom. The molecule has 1 nitrogen and oxygen atoms in total. The smallest absolute Gasteiger partial charge is 0.0488 e. The second kappa shape index (κ2) is 10.8. The summed E-state index contributed by atoms with van der Waals surface area (Å²) in [5.74, 6) is 0.264. The summed E-state index contributed by atoms with van der Waals surface area (Å²) < 4.78 is 2.59. The molecule has 0 radical (unpaired) electrons. The Bertz CT molecular complexity index is 1990. The van der Waals surface area contributed by atoms with Crippen LogP contribution in [0, 0.1) is 5.41 Å². The molecule has 0 saturated carbocycles. The third-order valence-electron chi connectivity index (χ3n) is 10.3. The maximum absolute atomic E-state index is 2.59. The summed E-state index contributed by atoms with van der Waals surface area (Å²) in [5, 5.41) is 1.39. The molecule has 1 heteroatoms. The molecule has 216 valence electrons. The van der Waals surface area contributed by atoms with Gasteiger partial charge in [0.1, 0.15) is 0 Å². The first-order valence-corrected chi connectivity index (χ1v) is 16.3. The predicted octanol–water partition coefficient (Wildman–Crippen LogP) is 11.0. The van der Waals surface area contributed by atoms with Crippen LogP contribution in [0.15, 0.2) is 133 Å². The second-order valence-electron chi connectivity index (χ2n) is 12.9. The lowest BCUT2D eigenvalue weighted by atomic mass is 9.58. The second-order valence-corrected chi connectivity index (χ2v) is 12.9. The molecular formula is C43H39N. The van der Waals surface area contributed by atoms with Crippen molar-refractivity contribution in [2.24, 2.45) is 5.41 Å². The summed E-state index contributed by atoms with van der Waals surface area (Å²) in [7, 11) is 0. The van der Waals surface area contributed by atoms with Crippen molar-refractivity contribution in [3.8, 4) is 0 Å². The molecule has 0 fully saturated rings. The third-order valence-corrected chi connectivity index (χ3v) is 10.3. The lowest BCUT2D eigenvalue weighted by Gasteiger charge is -2.44. The van der Waals surface area contributed by atoms with Gasteiger partial charge >= 0.3 is 0 Å². The first-order chi connectivity index (χ1) is 21.7. The average molecular weight is 570 g/mol. The summed E-state index contributed by atoms with van der Waals surface area (Å²) >= 11 is 0. The zero-order chi connectivity index (χ0) is 29.7. The fourth-order valence-corrected chi connectivity index (χ4v) is 8.17. The molecule has 4 aromatic carbocycles. The molecule has 0 bridgehead atoms. The van der Waals surface area contributed by atoms with E-state index in [0.717, 1.165) is 19.4 Å². The monoisotopic (exact) mass is 569 g/mol. The highest BCUT2D eigenvalue weighted by molar-refractivity contribution is 5.98. The highest BCUT2D eigenvalue weighted by Crippen LogP contribution is 2.57. The van der Waals surface area contributed by atoms with E-state index in [1.165, 1.54) is 79.5 Å². The lowest BCUT2D eigenvalue weighted by Crippen LogP contribution is -2.32. The van der Waals surface area contributed by atoms with E-state index in [1.54, 1.807) is 0 Å². The van der Waals surface area contributed by atoms with Gasteiger partial charge in [-0.1, -0.05) is 142 Å². The number of aromatic nitrogens is 1. The summed E-state index contributed by atoms with van der Waals surface area (Å²) in [6.45, 7) is 5.81. The number of benzene rings is 4. The Balaban J connectivity index is 1.22. The quantitative estimate of drug-likeness (QED) is 0.192. The fourth-order valence-electron chi connectivity index (χ4n) is 8.17. The Kier molecular flexibility index (Phi) is 6.64. The van der Waals surface area contributed by atoms with Gasteiger partial charge in [-0.2, -0.15) is 0 Å². The zero-order valence-electron chi connectivity index (χ0n) is 25.8. The Labute approximate surface area is 261 Å². The number of hydrogen-bond acceptors (Lipinski definition) is 0. The molecule has 0 amide bonds. The molecule has 0 spiro atoms. The molecule has 2 unspecified atom stereocenters. The van der Waals surface area contributed by atoms with Crippen LogP contribution >= 0.6 is 0 Å². The van der Waals surface area contributed by atoms with Crippen LogP contribution in [0.4, 0.5) is 0 Å². The minimum absolute atomic E-state index is 0.132. The Morgan fingerprint density at radius 1 is 0.773 bits per heavy atom. The van der Waals surface area contributed by atoms with Crippen molar-refractivity contribution in [1.29, 1.82) is 0 Å². The summed E-state index contributed by atoms with van der Waals surface area (Å²) in [4.78, 5) is 0. The van der Waals surface area contributed by atoms with Gasteiger partial charge in [0.15, 0.2) is 0 Å². The van der Waals surface area contributed by atoms with E-state index < -0.39 is 0 Å². The van der Waals surface area contributed by atoms with Crippen LogP contribution in [0.3, 0.4) is 0 Å². The standard InChI is InChI=1S/C43H39N/c1-3-4-28-44-39-20-11-10-16-34(39)37-29-33(25-26-40(37)44)30-21-23-31(24-22-30)41-35-17-8-9-18-36(35)42(32-14-6-5-7-15-32)43(2)27-13-12-19-38(41)43/h5-24,27,29,42H,3-4,25-26,28H2,1-2H3. The van der Waals surface area contributed by atoms with Crippen molar-refractivity contribution in [2.45, 2.75) is 52.0 Å². The fraction of sp³-hybridized carbons (Fsp3) is 0.209. The van der Waals surface area contributed by atoms with Crippen molar-refractivity contribution in [3.63, 3.8) is 0 Å². The molecule has 3 aliphatic carbocycles. The van der Waals surface area contributed by atoms with Gasteiger partial charge < -0.3 is 4.57 Å². The van der Waals surface area contributed by atoms with Gasteiger partial charge in [-0.15, -0.1) is 0 Å². The highest BCUT2D eigenvalue weighted by Gasteiger charge is 2.43. The van der Waals surface area contributed by atoms with Crippen molar-refractivity contribution >= 4 is 28.1 Å². The third kappa shape index (κ3) is 4.21. The van der Waals surface area contributed by atoms with Crippen molar-refractivity contribution in [1.82, 2.24) is 4.57 Å². The number of allylic oxidation sites excluding steroid dienone is 6. The van der Waals surface area contributed by atoms with Crippen molar-refractivity contribution < 1.29 is 0 Å². The number of para-hydroxylation sites is 1. The van der Waals surface area contributed by atoms with Crippen LogP contribution in [0.1, 0.15) is 78.1 Å². The summed E-state index contributed by atoms with van der Waals surface area (Å²) in [5.41, 5.74) is 15.2. The van der Waals surface area contributed by atoms with E-state index in [-0.39, 0.29) is 11.3 Å².